The maximum Gasteiger partial charge on any atom is 0.348 e. The van der Waals surface area contributed by atoms with Crippen molar-refractivity contribution in [2.45, 2.75) is 46.0 Å². The van der Waals surface area contributed by atoms with Gasteiger partial charge < -0.3 is 15.0 Å². The number of ether oxygens (including phenoxy) is 1. The first-order valence-electron chi connectivity index (χ1n) is 8.88. The normalized spacial score (nSPS) is 13.5. The smallest absolute Gasteiger partial charge is 0.348 e. The van der Waals surface area contributed by atoms with E-state index in [1.807, 2.05) is 13.0 Å². The lowest BCUT2D eigenvalue weighted by Gasteiger charge is -2.19. The van der Waals surface area contributed by atoms with E-state index in [-0.39, 0.29) is 25.0 Å². The number of hydrogen-bond acceptors (Lipinski definition) is 5. The topological polar surface area (TPSA) is 75.7 Å². The number of rotatable bonds is 7. The lowest BCUT2D eigenvalue weighted by Crippen LogP contribution is -2.42. The molecular formula is C18H26N2O4S. The van der Waals surface area contributed by atoms with Gasteiger partial charge in [-0.15, -0.1) is 11.3 Å². The zero-order chi connectivity index (χ0) is 18.2. The minimum absolute atomic E-state index is 0.0198. The van der Waals surface area contributed by atoms with Crippen LogP contribution in [0.3, 0.4) is 0 Å². The molecule has 1 N–H and O–H groups in total. The second kappa shape index (κ2) is 9.56. The van der Waals surface area contributed by atoms with E-state index in [2.05, 4.69) is 5.32 Å². The van der Waals surface area contributed by atoms with Gasteiger partial charge in [0.2, 0.25) is 5.91 Å². The van der Waals surface area contributed by atoms with Crippen LogP contribution in [0.15, 0.2) is 6.07 Å². The molecule has 0 unspecified atom stereocenters. The molecule has 1 aliphatic carbocycles. The van der Waals surface area contributed by atoms with E-state index < -0.39 is 5.97 Å². The maximum absolute atomic E-state index is 12.2. The summed E-state index contributed by atoms with van der Waals surface area (Å²) in [6.45, 7) is 4.15. The van der Waals surface area contributed by atoms with E-state index in [0.29, 0.717) is 18.0 Å². The first kappa shape index (κ1) is 19.4. The summed E-state index contributed by atoms with van der Waals surface area (Å²) in [5, 5.41) is 2.65. The Hall–Kier alpha value is -1.89. The highest BCUT2D eigenvalue weighted by Gasteiger charge is 2.20. The Kier molecular flexibility index (Phi) is 7.43. The van der Waals surface area contributed by atoms with E-state index in [1.54, 1.807) is 6.92 Å². The van der Waals surface area contributed by atoms with Crippen LogP contribution in [0.25, 0.3) is 0 Å². The van der Waals surface area contributed by atoms with E-state index in [0.717, 1.165) is 25.7 Å². The van der Waals surface area contributed by atoms with Crippen LogP contribution < -0.4 is 5.32 Å². The maximum atomic E-state index is 12.2. The van der Waals surface area contributed by atoms with E-state index >= 15 is 0 Å². The second-order valence-electron chi connectivity index (χ2n) is 6.06. The van der Waals surface area contributed by atoms with Gasteiger partial charge in [-0.2, -0.15) is 0 Å². The number of carbonyl (C=O) groups is 3. The van der Waals surface area contributed by atoms with Gasteiger partial charge in [0, 0.05) is 18.0 Å². The van der Waals surface area contributed by atoms with Crippen LogP contribution in [0.4, 0.5) is 0 Å². The SMILES string of the molecule is CCNC(=O)CN(CC)C(=O)COC(=O)c1cc2c(s1)CCCCC2. The molecule has 1 heterocycles. The quantitative estimate of drug-likeness (QED) is 0.593. The molecule has 2 amide bonds. The summed E-state index contributed by atoms with van der Waals surface area (Å²) in [7, 11) is 0. The predicted molar refractivity (Wildman–Crippen MR) is 96.8 cm³/mol. The molecule has 0 radical (unpaired) electrons. The number of nitrogens with zero attached hydrogens (tertiary/aromatic N) is 1. The molecule has 1 aromatic heterocycles. The standard InChI is InChI=1S/C18H26N2O4S/c1-3-19-16(21)11-20(4-2)17(22)12-24-18(23)15-10-13-8-6-5-7-9-14(13)25-15/h10H,3-9,11-12H2,1-2H3,(H,19,21). The van der Waals surface area contributed by atoms with Crippen LogP contribution >= 0.6 is 11.3 Å². The van der Waals surface area contributed by atoms with Crippen molar-refractivity contribution in [3.05, 3.63) is 21.4 Å². The molecule has 25 heavy (non-hydrogen) atoms. The minimum atomic E-state index is -0.458. The van der Waals surface area contributed by atoms with Crippen LogP contribution in [0, 0.1) is 0 Å². The molecule has 0 fully saturated rings. The third-order valence-electron chi connectivity index (χ3n) is 4.22. The fourth-order valence-corrected chi connectivity index (χ4v) is 4.01. The molecule has 7 heteroatoms. The number of amides is 2. The van der Waals surface area contributed by atoms with Crippen LogP contribution in [-0.2, 0) is 27.2 Å². The highest BCUT2D eigenvalue weighted by atomic mass is 32.1. The van der Waals surface area contributed by atoms with Gasteiger partial charge in [-0.1, -0.05) is 6.42 Å². The van der Waals surface area contributed by atoms with Gasteiger partial charge in [-0.25, -0.2) is 4.79 Å². The van der Waals surface area contributed by atoms with Crippen molar-refractivity contribution < 1.29 is 19.1 Å². The van der Waals surface area contributed by atoms with Crippen molar-refractivity contribution in [2.75, 3.05) is 26.2 Å². The summed E-state index contributed by atoms with van der Waals surface area (Å²) in [5.41, 5.74) is 1.24. The first-order chi connectivity index (χ1) is 12.0. The number of aryl methyl sites for hydroxylation is 2. The summed E-state index contributed by atoms with van der Waals surface area (Å²) < 4.78 is 5.17. The molecule has 6 nitrogen and oxygen atoms in total. The third kappa shape index (κ3) is 5.56. The number of thiophene rings is 1. The number of likely N-dealkylation sites (N-methyl/N-ethyl adjacent to an activating group) is 2. The molecule has 2 rings (SSSR count). The monoisotopic (exact) mass is 366 g/mol. The minimum Gasteiger partial charge on any atom is -0.451 e. The summed E-state index contributed by atoms with van der Waals surface area (Å²) >= 11 is 1.48. The largest absolute Gasteiger partial charge is 0.451 e. The van der Waals surface area contributed by atoms with Crippen LogP contribution in [0.1, 0.15) is 53.2 Å². The summed E-state index contributed by atoms with van der Waals surface area (Å²) in [6, 6.07) is 1.91. The summed E-state index contributed by atoms with van der Waals surface area (Å²) in [6.07, 6.45) is 5.57. The Balaban J connectivity index is 1.88. The molecule has 0 saturated heterocycles. The summed E-state index contributed by atoms with van der Waals surface area (Å²) in [4.78, 5) is 39.2. The Labute approximate surface area is 152 Å². The average Bonchev–Trinajstić information content (AvgIpc) is 2.88. The van der Waals surface area contributed by atoms with Crippen molar-refractivity contribution in [3.8, 4) is 0 Å². The van der Waals surface area contributed by atoms with Gasteiger partial charge in [-0.3, -0.25) is 9.59 Å². The van der Waals surface area contributed by atoms with E-state index in [9.17, 15) is 14.4 Å². The molecule has 138 valence electrons. The van der Waals surface area contributed by atoms with Crippen molar-refractivity contribution in [1.82, 2.24) is 10.2 Å². The highest BCUT2D eigenvalue weighted by Crippen LogP contribution is 2.29. The zero-order valence-corrected chi connectivity index (χ0v) is 15.7. The van der Waals surface area contributed by atoms with Crippen molar-refractivity contribution in [1.29, 1.82) is 0 Å². The number of hydrogen-bond donors (Lipinski definition) is 1. The fraction of sp³-hybridized carbons (Fsp3) is 0.611. The van der Waals surface area contributed by atoms with Gasteiger partial charge in [0.1, 0.15) is 4.88 Å². The van der Waals surface area contributed by atoms with Crippen LogP contribution in [-0.4, -0.2) is 48.9 Å². The van der Waals surface area contributed by atoms with Crippen LogP contribution in [0.5, 0.6) is 0 Å². The van der Waals surface area contributed by atoms with Crippen molar-refractivity contribution in [3.63, 3.8) is 0 Å². The van der Waals surface area contributed by atoms with Crippen LogP contribution in [0.2, 0.25) is 0 Å². The number of carbonyl (C=O) groups excluding carboxylic acids is 3. The van der Waals surface area contributed by atoms with E-state index in [4.69, 9.17) is 4.74 Å². The molecule has 0 saturated carbocycles. The van der Waals surface area contributed by atoms with Gasteiger partial charge in [0.15, 0.2) is 6.61 Å². The number of fused-ring (bicyclic) bond motifs is 1. The molecule has 0 atom stereocenters. The molecule has 0 aliphatic heterocycles. The van der Waals surface area contributed by atoms with Crippen molar-refractivity contribution in [2.24, 2.45) is 0 Å². The molecule has 1 aromatic rings. The third-order valence-corrected chi connectivity index (χ3v) is 5.43. The lowest BCUT2D eigenvalue weighted by molar-refractivity contribution is -0.138. The predicted octanol–water partition coefficient (Wildman–Crippen LogP) is 2.16. The van der Waals surface area contributed by atoms with Gasteiger partial charge >= 0.3 is 5.97 Å². The Morgan fingerprint density at radius 1 is 1.20 bits per heavy atom. The molecule has 1 aliphatic rings. The van der Waals surface area contributed by atoms with Gasteiger partial charge in [0.05, 0.1) is 6.54 Å². The Morgan fingerprint density at radius 2 is 1.96 bits per heavy atom. The van der Waals surface area contributed by atoms with Gasteiger partial charge in [0.25, 0.3) is 5.91 Å². The van der Waals surface area contributed by atoms with Gasteiger partial charge in [-0.05, 0) is 51.2 Å². The highest BCUT2D eigenvalue weighted by molar-refractivity contribution is 7.14. The number of nitrogens with one attached hydrogen (secondary N) is 1. The Morgan fingerprint density at radius 3 is 2.68 bits per heavy atom. The summed E-state index contributed by atoms with van der Waals surface area (Å²) in [5.74, 6) is -1.04. The number of esters is 1. The fourth-order valence-electron chi connectivity index (χ4n) is 2.86. The molecular weight excluding hydrogens is 340 g/mol. The average molecular weight is 366 g/mol. The molecule has 0 bridgehead atoms. The van der Waals surface area contributed by atoms with Crippen molar-refractivity contribution >= 4 is 29.1 Å². The lowest BCUT2D eigenvalue weighted by atomic mass is 10.1. The first-order valence-corrected chi connectivity index (χ1v) is 9.70. The van der Waals surface area contributed by atoms with E-state index in [1.165, 1.54) is 33.1 Å². The zero-order valence-electron chi connectivity index (χ0n) is 14.9. The Bertz CT molecular complexity index is 603. The second-order valence-corrected chi connectivity index (χ2v) is 7.19. The molecule has 0 aromatic carbocycles. The molecule has 0 spiro atoms.